The standard InChI is InChI=1S/C11H15BFNO2/c1-10(2)11(3,4)16-12(15-10)8-5-6-14-7-9(8)13/h5-7H,1-4H3/i5D,6D,7D. The van der Waals surface area contributed by atoms with Crippen LogP contribution in [0.15, 0.2) is 18.4 Å². The molecule has 1 aliphatic heterocycles. The molecule has 16 heavy (non-hydrogen) atoms. The average Bonchev–Trinajstić information content (AvgIpc) is 2.45. The summed E-state index contributed by atoms with van der Waals surface area (Å²) < 4.78 is 47.8. The van der Waals surface area contributed by atoms with E-state index in [2.05, 4.69) is 4.98 Å². The minimum absolute atomic E-state index is 0.233. The lowest BCUT2D eigenvalue weighted by Crippen LogP contribution is -2.41. The van der Waals surface area contributed by atoms with Crippen molar-refractivity contribution in [3.8, 4) is 0 Å². The molecule has 0 amide bonds. The molecule has 2 rings (SSSR count). The minimum Gasteiger partial charge on any atom is -0.399 e. The lowest BCUT2D eigenvalue weighted by molar-refractivity contribution is 0.00578. The van der Waals surface area contributed by atoms with Gasteiger partial charge >= 0.3 is 7.12 Å². The van der Waals surface area contributed by atoms with E-state index >= 15 is 0 Å². The summed E-state index contributed by atoms with van der Waals surface area (Å²) in [5.41, 5.74) is -1.59. The Bertz CT molecular complexity index is 497. The molecule has 0 saturated carbocycles. The highest BCUT2D eigenvalue weighted by molar-refractivity contribution is 6.62. The van der Waals surface area contributed by atoms with Gasteiger partial charge < -0.3 is 9.31 Å². The monoisotopic (exact) mass is 226 g/mol. The molecule has 5 heteroatoms. The highest BCUT2D eigenvalue weighted by Gasteiger charge is 2.52. The summed E-state index contributed by atoms with van der Waals surface area (Å²) in [7, 11) is -1.10. The van der Waals surface area contributed by atoms with Crippen LogP contribution in [0.5, 0.6) is 0 Å². The summed E-state index contributed by atoms with van der Waals surface area (Å²) in [6.07, 6.45) is -1.14. The molecule has 0 aliphatic carbocycles. The third kappa shape index (κ3) is 1.74. The second kappa shape index (κ2) is 3.53. The molecule has 86 valence electrons. The maximum atomic E-state index is 14.0. The highest BCUT2D eigenvalue weighted by Crippen LogP contribution is 2.36. The van der Waals surface area contributed by atoms with Gasteiger partial charge in [-0.2, -0.15) is 0 Å². The van der Waals surface area contributed by atoms with Crippen LogP contribution >= 0.6 is 0 Å². The SMILES string of the molecule is [2H]c1nc([2H])c(F)c(B2OC(C)(C)C(C)(C)O2)c1[2H]. The van der Waals surface area contributed by atoms with Gasteiger partial charge in [-0.25, -0.2) is 4.39 Å². The quantitative estimate of drug-likeness (QED) is 0.680. The van der Waals surface area contributed by atoms with E-state index < -0.39 is 42.5 Å². The van der Waals surface area contributed by atoms with Gasteiger partial charge in [-0.1, -0.05) is 0 Å². The minimum atomic E-state index is -1.10. The third-order valence-corrected chi connectivity index (χ3v) is 3.13. The smallest absolute Gasteiger partial charge is 0.399 e. The van der Waals surface area contributed by atoms with Crippen LogP contribution in [0.2, 0.25) is 0 Å². The van der Waals surface area contributed by atoms with Crippen LogP contribution in [0.1, 0.15) is 31.8 Å². The largest absolute Gasteiger partial charge is 0.497 e. The normalized spacial score (nSPS) is 25.1. The van der Waals surface area contributed by atoms with Crippen LogP contribution in [0.4, 0.5) is 4.39 Å². The van der Waals surface area contributed by atoms with E-state index in [1.807, 2.05) is 0 Å². The van der Waals surface area contributed by atoms with Gasteiger partial charge in [0.15, 0.2) is 0 Å². The van der Waals surface area contributed by atoms with Gasteiger partial charge in [0.25, 0.3) is 0 Å². The molecule has 1 aromatic heterocycles. The van der Waals surface area contributed by atoms with E-state index in [0.29, 0.717) is 0 Å². The van der Waals surface area contributed by atoms with E-state index in [0.717, 1.165) is 0 Å². The fourth-order valence-corrected chi connectivity index (χ4v) is 1.40. The zero-order chi connectivity index (χ0) is 14.6. The molecule has 0 unspecified atom stereocenters. The molecule has 1 saturated heterocycles. The van der Waals surface area contributed by atoms with E-state index in [4.69, 9.17) is 13.4 Å². The Labute approximate surface area is 99.3 Å². The molecule has 0 atom stereocenters. The fourth-order valence-electron chi connectivity index (χ4n) is 1.40. The maximum Gasteiger partial charge on any atom is 0.497 e. The molecule has 0 spiro atoms. The summed E-state index contributed by atoms with van der Waals surface area (Å²) in [4.78, 5) is 3.34. The topological polar surface area (TPSA) is 31.4 Å². The second-order valence-corrected chi connectivity index (χ2v) is 4.78. The average molecular weight is 226 g/mol. The first-order valence-electron chi connectivity index (χ1n) is 6.55. The molecule has 0 radical (unpaired) electrons. The molecular formula is C11H15BFNO2. The van der Waals surface area contributed by atoms with Crippen molar-refractivity contribution in [2.24, 2.45) is 0 Å². The van der Waals surface area contributed by atoms with Crippen LogP contribution < -0.4 is 5.46 Å². The van der Waals surface area contributed by atoms with Gasteiger partial charge in [0, 0.05) is 11.6 Å². The van der Waals surface area contributed by atoms with Gasteiger partial charge in [-0.3, -0.25) is 4.98 Å². The number of rotatable bonds is 1. The zero-order valence-corrected chi connectivity index (χ0v) is 9.72. The molecule has 0 aromatic carbocycles. The van der Waals surface area contributed by atoms with Gasteiger partial charge in [-0.15, -0.1) is 0 Å². The van der Waals surface area contributed by atoms with Crippen molar-refractivity contribution in [1.82, 2.24) is 4.98 Å². The van der Waals surface area contributed by atoms with Gasteiger partial charge in [0.2, 0.25) is 0 Å². The van der Waals surface area contributed by atoms with Crippen molar-refractivity contribution >= 4 is 12.6 Å². The molecule has 1 aliphatic rings. The molecule has 1 fully saturated rings. The fraction of sp³-hybridized carbons (Fsp3) is 0.545. The number of nitrogens with zero attached hydrogens (tertiary/aromatic N) is 1. The summed E-state index contributed by atoms with van der Waals surface area (Å²) in [6.45, 7) is 7.22. The number of halogens is 1. The van der Waals surface area contributed by atoms with Crippen LogP contribution in [0, 0.1) is 5.82 Å². The number of aromatic nitrogens is 1. The van der Waals surface area contributed by atoms with Crippen LogP contribution in [-0.4, -0.2) is 23.3 Å². The number of hydrogen-bond donors (Lipinski definition) is 0. The van der Waals surface area contributed by atoms with Crippen LogP contribution in [0.25, 0.3) is 0 Å². The Kier molecular flexibility index (Phi) is 1.81. The van der Waals surface area contributed by atoms with Crippen LogP contribution in [0.3, 0.4) is 0 Å². The van der Waals surface area contributed by atoms with E-state index in [9.17, 15) is 4.39 Å². The Morgan fingerprint density at radius 2 is 1.88 bits per heavy atom. The zero-order valence-electron chi connectivity index (χ0n) is 12.7. The Morgan fingerprint density at radius 1 is 1.31 bits per heavy atom. The van der Waals surface area contributed by atoms with Crippen molar-refractivity contribution in [3.05, 3.63) is 24.2 Å². The molecule has 3 nitrogen and oxygen atoms in total. The lowest BCUT2D eigenvalue weighted by Gasteiger charge is -2.32. The predicted molar refractivity (Wildman–Crippen MR) is 59.9 cm³/mol. The van der Waals surface area contributed by atoms with Crippen molar-refractivity contribution in [2.75, 3.05) is 0 Å². The van der Waals surface area contributed by atoms with Gasteiger partial charge in [0.05, 0.1) is 21.5 Å². The Balaban J connectivity index is 2.51. The number of hydrogen-bond acceptors (Lipinski definition) is 3. The predicted octanol–water partition coefficient (Wildman–Crippen LogP) is 1.52. The van der Waals surface area contributed by atoms with E-state index in [-0.39, 0.29) is 5.46 Å². The van der Waals surface area contributed by atoms with E-state index in [1.165, 1.54) is 0 Å². The summed E-state index contributed by atoms with van der Waals surface area (Å²) >= 11 is 0. The maximum absolute atomic E-state index is 14.0. The first-order chi connectivity index (χ1) is 8.57. The summed E-state index contributed by atoms with van der Waals surface area (Å²) in [5.74, 6) is -0.973. The van der Waals surface area contributed by atoms with Gasteiger partial charge in [-0.05, 0) is 33.7 Å². The molecule has 0 bridgehead atoms. The molecular weight excluding hydrogens is 208 g/mol. The van der Waals surface area contributed by atoms with Crippen molar-refractivity contribution in [1.29, 1.82) is 0 Å². The second-order valence-electron chi connectivity index (χ2n) is 4.78. The van der Waals surface area contributed by atoms with Crippen molar-refractivity contribution in [2.45, 2.75) is 38.9 Å². The Hall–Kier alpha value is -0.935. The summed E-state index contributed by atoms with van der Waals surface area (Å²) in [6, 6.07) is -0.410. The highest BCUT2D eigenvalue weighted by atomic mass is 19.1. The molecule has 2 heterocycles. The van der Waals surface area contributed by atoms with Crippen molar-refractivity contribution < 1.29 is 17.8 Å². The van der Waals surface area contributed by atoms with E-state index in [1.54, 1.807) is 27.7 Å². The molecule has 1 aromatic rings. The summed E-state index contributed by atoms with van der Waals surface area (Å²) in [5, 5.41) is 0. The van der Waals surface area contributed by atoms with Crippen molar-refractivity contribution in [3.63, 3.8) is 0 Å². The first kappa shape index (κ1) is 8.20. The molecule has 0 N–H and O–H groups in total. The third-order valence-electron chi connectivity index (χ3n) is 3.13. The lowest BCUT2D eigenvalue weighted by atomic mass is 9.79. The Morgan fingerprint density at radius 3 is 2.44 bits per heavy atom. The number of pyridine rings is 1. The van der Waals surface area contributed by atoms with Crippen LogP contribution in [-0.2, 0) is 9.31 Å². The van der Waals surface area contributed by atoms with Gasteiger partial charge in [0.1, 0.15) is 5.82 Å². The first-order valence-corrected chi connectivity index (χ1v) is 5.05.